The summed E-state index contributed by atoms with van der Waals surface area (Å²) < 4.78 is 27.6. The summed E-state index contributed by atoms with van der Waals surface area (Å²) >= 11 is 0. The molecule has 60 valence electrons. The Morgan fingerprint density at radius 3 is 1.78 bits per heavy atom. The summed E-state index contributed by atoms with van der Waals surface area (Å²) in [5, 5.41) is 0. The monoisotopic (exact) mass is 159 g/mol. The fourth-order valence-corrected chi connectivity index (χ4v) is 0.774. The van der Waals surface area contributed by atoms with Crippen molar-refractivity contribution in [1.29, 1.82) is 0 Å². The van der Waals surface area contributed by atoms with Crippen molar-refractivity contribution in [2.24, 2.45) is 0 Å². The molecule has 0 spiro atoms. The molecule has 0 saturated carbocycles. The molecule has 0 amide bonds. The predicted molar refractivity (Wildman–Crippen MR) is 35.3 cm³/mol. The Morgan fingerprint density at radius 1 is 1.44 bits per heavy atom. The van der Waals surface area contributed by atoms with Gasteiger partial charge in [-0.25, -0.2) is 0 Å². The molecule has 0 fully saturated rings. The van der Waals surface area contributed by atoms with Crippen LogP contribution in [0.25, 0.3) is 0 Å². The normalized spacial score (nSPS) is 9.11. The van der Waals surface area contributed by atoms with Gasteiger partial charge in [0.25, 0.3) is 10.1 Å². The van der Waals surface area contributed by atoms with Crippen LogP contribution in [-0.4, -0.2) is 24.2 Å². The SMILES string of the molecule is CCCS(=O)(=O)O.N.O. The minimum Gasteiger partial charge on any atom is -0.412 e. The third kappa shape index (κ3) is 18.1. The summed E-state index contributed by atoms with van der Waals surface area (Å²) in [4.78, 5) is 0. The van der Waals surface area contributed by atoms with Crippen LogP contribution >= 0.6 is 0 Å². The Bertz CT molecular complexity index is 129. The summed E-state index contributed by atoms with van der Waals surface area (Å²) in [7, 11) is -3.67. The Morgan fingerprint density at radius 2 is 1.78 bits per heavy atom. The van der Waals surface area contributed by atoms with E-state index in [0.29, 0.717) is 6.42 Å². The van der Waals surface area contributed by atoms with Crippen molar-refractivity contribution < 1.29 is 18.4 Å². The fourth-order valence-electron chi connectivity index (χ4n) is 0.258. The smallest absolute Gasteiger partial charge is 0.264 e. The second kappa shape index (κ2) is 5.96. The van der Waals surface area contributed by atoms with E-state index >= 15 is 0 Å². The summed E-state index contributed by atoms with van der Waals surface area (Å²) in [5.74, 6) is -0.132. The first-order chi connectivity index (χ1) is 3.06. The lowest BCUT2D eigenvalue weighted by atomic mass is 10.6. The predicted octanol–water partition coefficient (Wildman–Crippen LogP) is -0.378. The van der Waals surface area contributed by atoms with Gasteiger partial charge in [-0.2, -0.15) is 8.42 Å². The van der Waals surface area contributed by atoms with Gasteiger partial charge < -0.3 is 11.6 Å². The van der Waals surface area contributed by atoms with E-state index in [0.717, 1.165) is 0 Å². The zero-order valence-electron chi connectivity index (χ0n) is 5.29. The van der Waals surface area contributed by atoms with Crippen LogP contribution < -0.4 is 6.15 Å². The molecule has 0 rings (SSSR count). The highest BCUT2D eigenvalue weighted by atomic mass is 32.2. The van der Waals surface area contributed by atoms with Crippen LogP contribution in [0.5, 0.6) is 0 Å². The van der Waals surface area contributed by atoms with E-state index in [1.165, 1.54) is 0 Å². The standard InChI is InChI=1S/C3H8O3S.H3N.H2O/c1-2-3-7(4,5)6;;/h2-3H2,1H3,(H,4,5,6);1H3;1H2. The molecule has 0 aliphatic heterocycles. The van der Waals surface area contributed by atoms with Crippen LogP contribution in [0.1, 0.15) is 13.3 Å². The highest BCUT2D eigenvalue weighted by molar-refractivity contribution is 7.85. The molecule has 0 unspecified atom stereocenters. The summed E-state index contributed by atoms with van der Waals surface area (Å²) in [6, 6.07) is 0. The maximum atomic E-state index is 9.79. The van der Waals surface area contributed by atoms with Crippen LogP contribution in [0.3, 0.4) is 0 Å². The van der Waals surface area contributed by atoms with E-state index in [9.17, 15) is 8.42 Å². The van der Waals surface area contributed by atoms with Gasteiger partial charge in [0.2, 0.25) is 0 Å². The van der Waals surface area contributed by atoms with Crippen LogP contribution in [0.2, 0.25) is 0 Å². The zero-order chi connectivity index (χ0) is 5.91. The van der Waals surface area contributed by atoms with Crippen LogP contribution in [0, 0.1) is 0 Å². The lowest BCUT2D eigenvalue weighted by Crippen LogP contribution is -2.01. The van der Waals surface area contributed by atoms with E-state index in [4.69, 9.17) is 4.55 Å². The Kier molecular flexibility index (Phi) is 10.5. The number of hydrogen-bond acceptors (Lipinski definition) is 3. The van der Waals surface area contributed by atoms with Gasteiger partial charge in [0.1, 0.15) is 0 Å². The molecule has 0 aromatic carbocycles. The van der Waals surface area contributed by atoms with Crippen LogP contribution in [0.4, 0.5) is 0 Å². The molecule has 5 nitrogen and oxygen atoms in total. The van der Waals surface area contributed by atoms with Gasteiger partial charge in [0, 0.05) is 0 Å². The summed E-state index contributed by atoms with van der Waals surface area (Å²) in [5.41, 5.74) is 0. The van der Waals surface area contributed by atoms with E-state index in [-0.39, 0.29) is 17.4 Å². The van der Waals surface area contributed by atoms with E-state index in [2.05, 4.69) is 0 Å². The Hall–Kier alpha value is -0.170. The Labute approximate surface area is 54.7 Å². The summed E-state index contributed by atoms with van der Waals surface area (Å²) in [6.07, 6.45) is 0.471. The third-order valence-corrected chi connectivity index (χ3v) is 1.39. The average Bonchev–Trinajstić information content (AvgIpc) is 1.30. The van der Waals surface area contributed by atoms with E-state index in [1.54, 1.807) is 6.92 Å². The quantitative estimate of drug-likeness (QED) is 0.533. The van der Waals surface area contributed by atoms with Gasteiger partial charge in [-0.1, -0.05) is 6.92 Å². The maximum Gasteiger partial charge on any atom is 0.264 e. The Balaban J connectivity index is -0.000000180. The van der Waals surface area contributed by atoms with Gasteiger partial charge >= 0.3 is 0 Å². The van der Waals surface area contributed by atoms with Gasteiger partial charge in [-0.3, -0.25) is 4.55 Å². The molecule has 0 heterocycles. The molecule has 9 heavy (non-hydrogen) atoms. The van der Waals surface area contributed by atoms with E-state index in [1.807, 2.05) is 0 Å². The molecule has 0 aliphatic rings. The topological polar surface area (TPSA) is 121 Å². The zero-order valence-corrected chi connectivity index (χ0v) is 6.11. The highest BCUT2D eigenvalue weighted by Gasteiger charge is 1.98. The molecule has 6 N–H and O–H groups in total. The molecule has 0 bridgehead atoms. The number of rotatable bonds is 2. The highest BCUT2D eigenvalue weighted by Crippen LogP contribution is 1.83. The van der Waals surface area contributed by atoms with Crippen molar-refractivity contribution >= 4 is 10.1 Å². The molecular weight excluding hydrogens is 146 g/mol. The van der Waals surface area contributed by atoms with Crippen molar-refractivity contribution in [2.75, 3.05) is 5.75 Å². The fraction of sp³-hybridized carbons (Fsp3) is 1.00. The largest absolute Gasteiger partial charge is 0.412 e. The van der Waals surface area contributed by atoms with Gasteiger partial charge in [0.05, 0.1) is 5.75 Å². The van der Waals surface area contributed by atoms with Crippen molar-refractivity contribution in [1.82, 2.24) is 6.15 Å². The second-order valence-electron chi connectivity index (χ2n) is 1.29. The third-order valence-electron chi connectivity index (χ3n) is 0.462. The first kappa shape index (κ1) is 15.9. The average molecular weight is 159 g/mol. The van der Waals surface area contributed by atoms with Crippen molar-refractivity contribution in [3.8, 4) is 0 Å². The first-order valence-corrected chi connectivity index (χ1v) is 3.62. The van der Waals surface area contributed by atoms with Gasteiger partial charge in [-0.15, -0.1) is 0 Å². The lowest BCUT2D eigenvalue weighted by molar-refractivity contribution is 0.482. The van der Waals surface area contributed by atoms with Crippen molar-refractivity contribution in [3.05, 3.63) is 0 Å². The van der Waals surface area contributed by atoms with Crippen LogP contribution in [-0.2, 0) is 10.1 Å². The first-order valence-electron chi connectivity index (χ1n) is 2.01. The molecular formula is C3H13NO4S. The molecule has 0 atom stereocenters. The molecule has 0 saturated heterocycles. The van der Waals surface area contributed by atoms with Crippen LogP contribution in [0.15, 0.2) is 0 Å². The van der Waals surface area contributed by atoms with Gasteiger partial charge in [0.15, 0.2) is 0 Å². The second-order valence-corrected chi connectivity index (χ2v) is 2.86. The number of hydrogen-bond donors (Lipinski definition) is 2. The molecule has 0 aromatic rings. The minimum atomic E-state index is -3.67. The van der Waals surface area contributed by atoms with Gasteiger partial charge in [-0.05, 0) is 6.42 Å². The molecule has 0 radical (unpaired) electrons. The molecule has 0 aliphatic carbocycles. The maximum absolute atomic E-state index is 9.79. The molecule has 6 heteroatoms. The molecule has 0 aromatic heterocycles. The van der Waals surface area contributed by atoms with Crippen molar-refractivity contribution in [2.45, 2.75) is 13.3 Å². The summed E-state index contributed by atoms with van der Waals surface area (Å²) in [6.45, 7) is 1.69. The van der Waals surface area contributed by atoms with Crippen molar-refractivity contribution in [3.63, 3.8) is 0 Å². The lowest BCUT2D eigenvalue weighted by Gasteiger charge is -1.85. The minimum absolute atomic E-state index is 0. The van der Waals surface area contributed by atoms with E-state index < -0.39 is 10.1 Å².